The molecule has 1 aromatic heterocycles. The first-order valence-electron chi connectivity index (χ1n) is 8.90. The van der Waals surface area contributed by atoms with E-state index in [9.17, 15) is 13.2 Å². The number of nitrogens with one attached hydrogen (secondary N) is 2. The molecule has 28 heavy (non-hydrogen) atoms. The van der Waals surface area contributed by atoms with Crippen molar-refractivity contribution in [2.75, 3.05) is 30.8 Å². The van der Waals surface area contributed by atoms with Gasteiger partial charge in [0.1, 0.15) is 16.5 Å². The van der Waals surface area contributed by atoms with Crippen LogP contribution in [0, 0.1) is 6.92 Å². The fourth-order valence-corrected chi connectivity index (χ4v) is 4.74. The maximum absolute atomic E-state index is 13.0. The van der Waals surface area contributed by atoms with Crippen molar-refractivity contribution in [3.8, 4) is 5.75 Å². The normalized spacial score (nSPS) is 11.6. The van der Waals surface area contributed by atoms with Crippen molar-refractivity contribution < 1.29 is 17.9 Å². The maximum Gasteiger partial charge on any atom is 0.246 e. The highest BCUT2D eigenvalue weighted by Crippen LogP contribution is 2.30. The Hall–Kier alpha value is -2.11. The fourth-order valence-electron chi connectivity index (χ4n) is 2.48. The molecular formula is C17H25N5O4S2. The van der Waals surface area contributed by atoms with Crippen LogP contribution in [0.1, 0.15) is 26.6 Å². The van der Waals surface area contributed by atoms with E-state index in [1.54, 1.807) is 39.8 Å². The molecule has 0 saturated carbocycles. The number of thioether (sulfide) groups is 1. The number of anilines is 1. The predicted molar refractivity (Wildman–Crippen MR) is 108 cm³/mol. The molecule has 0 aliphatic heterocycles. The SMILES string of the molecule is CCOc1ccc(NC(=O)CSc2n[nH]c(C)n2)cc1S(=O)(=O)N(CC)CC. The van der Waals surface area contributed by atoms with Gasteiger partial charge in [0.05, 0.1) is 12.4 Å². The number of carbonyl (C=O) groups is 1. The third-order valence-corrected chi connectivity index (χ3v) is 6.68. The minimum atomic E-state index is -3.74. The molecule has 2 aromatic rings. The number of benzene rings is 1. The summed E-state index contributed by atoms with van der Waals surface area (Å²) in [4.78, 5) is 16.4. The quantitative estimate of drug-likeness (QED) is 0.559. The van der Waals surface area contributed by atoms with E-state index >= 15 is 0 Å². The molecule has 0 unspecified atom stereocenters. The number of sulfonamides is 1. The van der Waals surface area contributed by atoms with Crippen LogP contribution in [0.2, 0.25) is 0 Å². The summed E-state index contributed by atoms with van der Waals surface area (Å²) in [6, 6.07) is 4.60. The van der Waals surface area contributed by atoms with Crippen LogP contribution in [0.15, 0.2) is 28.3 Å². The number of amides is 1. The lowest BCUT2D eigenvalue weighted by molar-refractivity contribution is -0.113. The van der Waals surface area contributed by atoms with Gasteiger partial charge in [-0.05, 0) is 32.0 Å². The molecule has 11 heteroatoms. The number of carbonyl (C=O) groups excluding carboxylic acids is 1. The zero-order valence-electron chi connectivity index (χ0n) is 16.4. The third-order valence-electron chi connectivity index (χ3n) is 3.76. The van der Waals surface area contributed by atoms with Gasteiger partial charge < -0.3 is 10.1 Å². The van der Waals surface area contributed by atoms with Gasteiger partial charge in [-0.25, -0.2) is 13.4 Å². The summed E-state index contributed by atoms with van der Waals surface area (Å²) in [5.41, 5.74) is 0.381. The maximum atomic E-state index is 13.0. The molecule has 1 aromatic carbocycles. The lowest BCUT2D eigenvalue weighted by Gasteiger charge is -2.21. The Kier molecular flexibility index (Phi) is 7.84. The van der Waals surface area contributed by atoms with Gasteiger partial charge in [0.15, 0.2) is 0 Å². The van der Waals surface area contributed by atoms with Crippen molar-refractivity contribution in [2.45, 2.75) is 37.7 Å². The number of aromatic nitrogens is 3. The summed E-state index contributed by atoms with van der Waals surface area (Å²) < 4.78 is 32.7. The molecule has 0 radical (unpaired) electrons. The second-order valence-electron chi connectivity index (χ2n) is 5.72. The number of aromatic amines is 1. The molecule has 1 amide bonds. The van der Waals surface area contributed by atoms with E-state index < -0.39 is 10.0 Å². The molecule has 1 heterocycles. The van der Waals surface area contributed by atoms with Crippen molar-refractivity contribution in [1.82, 2.24) is 19.5 Å². The Bertz CT molecular complexity index is 910. The minimum Gasteiger partial charge on any atom is -0.492 e. The number of H-pyrrole nitrogens is 1. The highest BCUT2D eigenvalue weighted by molar-refractivity contribution is 7.99. The van der Waals surface area contributed by atoms with Crippen molar-refractivity contribution in [3.05, 3.63) is 24.0 Å². The number of rotatable bonds is 10. The average molecular weight is 428 g/mol. The molecule has 0 fully saturated rings. The van der Waals surface area contributed by atoms with Crippen molar-refractivity contribution in [3.63, 3.8) is 0 Å². The lowest BCUT2D eigenvalue weighted by Crippen LogP contribution is -2.31. The molecule has 0 saturated heterocycles. The zero-order chi connectivity index (χ0) is 20.7. The van der Waals surface area contributed by atoms with Crippen molar-refractivity contribution in [1.29, 1.82) is 0 Å². The third kappa shape index (κ3) is 5.46. The number of ether oxygens (including phenoxy) is 1. The molecule has 0 aliphatic rings. The molecule has 2 N–H and O–H groups in total. The second-order valence-corrected chi connectivity index (χ2v) is 8.57. The molecule has 154 valence electrons. The van der Waals surface area contributed by atoms with E-state index in [0.29, 0.717) is 36.4 Å². The summed E-state index contributed by atoms with van der Waals surface area (Å²) in [6.07, 6.45) is 0. The van der Waals surface area contributed by atoms with E-state index in [1.165, 1.54) is 22.1 Å². The standard InChI is InChI=1S/C17H25N5O4S2/c1-5-22(6-2)28(24,25)15-10-13(8-9-14(15)26-7-3)19-16(23)11-27-17-18-12(4)20-21-17/h8-10H,5-7,11H2,1-4H3,(H,19,23)(H,18,20,21). The second kappa shape index (κ2) is 9.89. The molecule has 2 rings (SSSR count). The molecule has 0 aliphatic carbocycles. The van der Waals surface area contributed by atoms with Crippen LogP contribution in [0.25, 0.3) is 0 Å². The van der Waals surface area contributed by atoms with Crippen LogP contribution < -0.4 is 10.1 Å². The first kappa shape index (κ1) is 22.2. The van der Waals surface area contributed by atoms with E-state index in [1.807, 2.05) is 0 Å². The summed E-state index contributed by atoms with van der Waals surface area (Å²) >= 11 is 1.19. The molecule has 0 spiro atoms. The summed E-state index contributed by atoms with van der Waals surface area (Å²) in [7, 11) is -3.74. The number of hydrogen-bond acceptors (Lipinski definition) is 7. The molecule has 0 bridgehead atoms. The molecular weight excluding hydrogens is 402 g/mol. The van der Waals surface area contributed by atoms with Gasteiger partial charge in [-0.2, -0.15) is 4.31 Å². The van der Waals surface area contributed by atoms with Gasteiger partial charge in [-0.15, -0.1) is 5.10 Å². The minimum absolute atomic E-state index is 0.0353. The lowest BCUT2D eigenvalue weighted by atomic mass is 10.3. The van der Waals surface area contributed by atoms with Crippen LogP contribution in [-0.2, 0) is 14.8 Å². The van der Waals surface area contributed by atoms with Gasteiger partial charge in [0.2, 0.25) is 21.1 Å². The highest BCUT2D eigenvalue weighted by atomic mass is 32.2. The van der Waals surface area contributed by atoms with Gasteiger partial charge in [-0.3, -0.25) is 9.89 Å². The Labute approximate surface area is 169 Å². The number of aryl methyl sites for hydroxylation is 1. The van der Waals surface area contributed by atoms with Gasteiger partial charge in [-0.1, -0.05) is 25.6 Å². The number of nitrogens with zero attached hydrogens (tertiary/aromatic N) is 3. The summed E-state index contributed by atoms with van der Waals surface area (Å²) in [5.74, 6) is 0.740. The van der Waals surface area contributed by atoms with E-state index in [0.717, 1.165) is 0 Å². The largest absolute Gasteiger partial charge is 0.492 e. The van der Waals surface area contributed by atoms with Gasteiger partial charge in [0, 0.05) is 18.8 Å². The Morgan fingerprint density at radius 3 is 2.57 bits per heavy atom. The van der Waals surface area contributed by atoms with Crippen LogP contribution in [0.4, 0.5) is 5.69 Å². The molecule has 9 nitrogen and oxygen atoms in total. The van der Waals surface area contributed by atoms with Gasteiger partial charge >= 0.3 is 0 Å². The van der Waals surface area contributed by atoms with E-state index in [-0.39, 0.29) is 22.3 Å². The van der Waals surface area contributed by atoms with Crippen LogP contribution in [0.5, 0.6) is 5.75 Å². The van der Waals surface area contributed by atoms with Crippen molar-refractivity contribution >= 4 is 33.4 Å². The topological polar surface area (TPSA) is 117 Å². The Balaban J connectivity index is 2.20. The molecule has 0 atom stereocenters. The van der Waals surface area contributed by atoms with E-state index in [2.05, 4.69) is 20.5 Å². The predicted octanol–water partition coefficient (Wildman–Crippen LogP) is 2.27. The summed E-state index contributed by atoms with van der Waals surface area (Å²) in [5, 5.41) is 9.85. The first-order chi connectivity index (χ1) is 13.3. The smallest absolute Gasteiger partial charge is 0.246 e. The fraction of sp³-hybridized carbons (Fsp3) is 0.471. The van der Waals surface area contributed by atoms with Crippen LogP contribution in [-0.4, -0.2) is 59.3 Å². The zero-order valence-corrected chi connectivity index (χ0v) is 18.0. The summed E-state index contributed by atoms with van der Waals surface area (Å²) in [6.45, 7) is 8.12. The monoisotopic (exact) mass is 427 g/mol. The first-order valence-corrected chi connectivity index (χ1v) is 11.3. The Morgan fingerprint density at radius 1 is 1.29 bits per heavy atom. The van der Waals surface area contributed by atoms with Crippen LogP contribution in [0.3, 0.4) is 0 Å². The van der Waals surface area contributed by atoms with Gasteiger partial charge in [0.25, 0.3) is 0 Å². The highest BCUT2D eigenvalue weighted by Gasteiger charge is 2.26. The number of hydrogen-bond donors (Lipinski definition) is 2. The Morgan fingerprint density at radius 2 is 2.00 bits per heavy atom. The average Bonchev–Trinajstić information content (AvgIpc) is 3.07. The van der Waals surface area contributed by atoms with Crippen LogP contribution >= 0.6 is 11.8 Å². The van der Waals surface area contributed by atoms with Crippen molar-refractivity contribution in [2.24, 2.45) is 0 Å². The van der Waals surface area contributed by atoms with E-state index in [4.69, 9.17) is 4.74 Å².